The largest absolute Gasteiger partial charge is 0.504 e. The molecule has 4 aromatic rings. The Balaban J connectivity index is 1.66. The number of aryl methyl sites for hydroxylation is 1. The molecule has 162 valence electrons. The third-order valence-electron chi connectivity index (χ3n) is 5.36. The minimum absolute atomic E-state index is 0.0694. The van der Waals surface area contributed by atoms with Gasteiger partial charge in [-0.05, 0) is 36.8 Å². The number of aromatic nitrogens is 1. The molecule has 2 unspecified atom stereocenters. The van der Waals surface area contributed by atoms with Crippen molar-refractivity contribution in [1.29, 1.82) is 0 Å². The Morgan fingerprint density at radius 3 is 2.75 bits per heavy atom. The number of nitrogens with zero attached hydrogens (tertiary/aromatic N) is 1. The number of phenols is 1. The van der Waals surface area contributed by atoms with E-state index in [2.05, 4.69) is 10.5 Å². The lowest BCUT2D eigenvalue weighted by atomic mass is 9.88. The fourth-order valence-corrected chi connectivity index (χ4v) is 3.93. The molecule has 9 heteroatoms. The number of carbonyl (C=O) groups excluding carboxylic acids is 1. The van der Waals surface area contributed by atoms with Crippen LogP contribution in [0, 0.1) is 6.92 Å². The number of benzene rings is 2. The van der Waals surface area contributed by atoms with Gasteiger partial charge in [-0.15, -0.1) is 0 Å². The average Bonchev–Trinajstić information content (AvgIpc) is 3.38. The molecule has 0 fully saturated rings. The van der Waals surface area contributed by atoms with Gasteiger partial charge in [0.1, 0.15) is 17.1 Å². The number of ether oxygens (including phenoxy) is 2. The number of rotatable bonds is 4. The highest BCUT2D eigenvalue weighted by Gasteiger charge is 2.44. The van der Waals surface area contributed by atoms with Gasteiger partial charge in [0, 0.05) is 6.07 Å². The highest BCUT2D eigenvalue weighted by molar-refractivity contribution is 5.97. The molecule has 1 aliphatic rings. The average molecular weight is 434 g/mol. The number of anilines is 1. The summed E-state index contributed by atoms with van der Waals surface area (Å²) in [5.74, 6) is -0.158. The van der Waals surface area contributed by atoms with Gasteiger partial charge in [0.15, 0.2) is 23.4 Å². The lowest BCUT2D eigenvalue weighted by Gasteiger charge is -2.18. The van der Waals surface area contributed by atoms with E-state index in [1.165, 1.54) is 13.2 Å². The van der Waals surface area contributed by atoms with Gasteiger partial charge in [0.25, 0.3) is 5.91 Å². The van der Waals surface area contributed by atoms with Crippen molar-refractivity contribution in [3.63, 3.8) is 0 Å². The number of hydrogen-bond acceptors (Lipinski definition) is 8. The molecule has 1 amide bonds. The van der Waals surface area contributed by atoms with E-state index in [1.807, 2.05) is 0 Å². The van der Waals surface area contributed by atoms with Crippen molar-refractivity contribution in [2.75, 3.05) is 12.4 Å². The lowest BCUT2D eigenvalue weighted by Crippen LogP contribution is -2.35. The van der Waals surface area contributed by atoms with Crippen molar-refractivity contribution in [2.24, 2.45) is 0 Å². The number of aromatic hydroxyl groups is 1. The Labute approximate surface area is 181 Å². The minimum Gasteiger partial charge on any atom is -0.504 e. The second-order valence-electron chi connectivity index (χ2n) is 7.39. The van der Waals surface area contributed by atoms with Crippen LogP contribution in [-0.2, 0) is 4.79 Å². The van der Waals surface area contributed by atoms with Crippen LogP contribution in [0.15, 0.2) is 62.3 Å². The van der Waals surface area contributed by atoms with E-state index in [1.54, 1.807) is 49.4 Å². The minimum atomic E-state index is -1.11. The van der Waals surface area contributed by atoms with Crippen LogP contribution in [0.4, 0.5) is 5.82 Å². The number of methoxy groups -OCH3 is 1. The van der Waals surface area contributed by atoms with Crippen LogP contribution in [0.1, 0.15) is 22.8 Å². The standard InChI is InChI=1S/C23H18N2O7/c1-11-9-17(25-32-11)24-22(27)21-18(12-7-8-14(26)16(10-12)29-2)19-20(31-21)13-5-3-4-6-15(13)30-23(19)28/h3-10,18,21,26H,1-2H3,(H,24,25,27). The highest BCUT2D eigenvalue weighted by atomic mass is 16.5. The Kier molecular flexibility index (Phi) is 4.58. The topological polar surface area (TPSA) is 124 Å². The zero-order chi connectivity index (χ0) is 22.4. The molecule has 0 spiro atoms. The Morgan fingerprint density at radius 2 is 2.00 bits per heavy atom. The SMILES string of the molecule is COc1cc(C2c3c(c4ccccc4oc3=O)OC2C(=O)Nc2cc(C)on2)ccc1O. The van der Waals surface area contributed by atoms with E-state index in [0.29, 0.717) is 22.3 Å². The maximum Gasteiger partial charge on any atom is 0.344 e. The molecule has 0 radical (unpaired) electrons. The van der Waals surface area contributed by atoms with Crippen LogP contribution in [0.25, 0.3) is 11.0 Å². The summed E-state index contributed by atoms with van der Waals surface area (Å²) in [5, 5.41) is 17.0. The van der Waals surface area contributed by atoms with Gasteiger partial charge in [0.2, 0.25) is 0 Å². The molecule has 2 aromatic carbocycles. The zero-order valence-electron chi connectivity index (χ0n) is 17.1. The molecule has 9 nitrogen and oxygen atoms in total. The van der Waals surface area contributed by atoms with Crippen LogP contribution in [0.3, 0.4) is 0 Å². The summed E-state index contributed by atoms with van der Waals surface area (Å²) in [7, 11) is 1.41. The quantitative estimate of drug-likeness (QED) is 0.469. The molecule has 2 N–H and O–H groups in total. The van der Waals surface area contributed by atoms with Crippen molar-refractivity contribution < 1.29 is 28.3 Å². The normalized spacial score (nSPS) is 17.1. The van der Waals surface area contributed by atoms with Gasteiger partial charge < -0.3 is 28.8 Å². The van der Waals surface area contributed by atoms with E-state index in [4.69, 9.17) is 18.4 Å². The Bertz CT molecular complexity index is 1410. The predicted molar refractivity (Wildman–Crippen MR) is 113 cm³/mol. The monoisotopic (exact) mass is 434 g/mol. The summed E-state index contributed by atoms with van der Waals surface area (Å²) in [6.45, 7) is 1.70. The highest BCUT2D eigenvalue weighted by Crippen LogP contribution is 2.45. The van der Waals surface area contributed by atoms with E-state index in [9.17, 15) is 14.7 Å². The van der Waals surface area contributed by atoms with Gasteiger partial charge in [-0.3, -0.25) is 4.79 Å². The first kappa shape index (κ1) is 19.7. The Hall–Kier alpha value is -4.27. The maximum absolute atomic E-state index is 13.2. The summed E-state index contributed by atoms with van der Waals surface area (Å²) in [6.07, 6.45) is -1.11. The van der Waals surface area contributed by atoms with E-state index >= 15 is 0 Å². The zero-order valence-corrected chi connectivity index (χ0v) is 17.1. The van der Waals surface area contributed by atoms with Crippen molar-refractivity contribution in [1.82, 2.24) is 5.16 Å². The number of para-hydroxylation sites is 1. The third kappa shape index (κ3) is 3.15. The van der Waals surface area contributed by atoms with Crippen LogP contribution in [0.2, 0.25) is 0 Å². The van der Waals surface area contributed by atoms with E-state index in [0.717, 1.165) is 0 Å². The van der Waals surface area contributed by atoms with Crippen molar-refractivity contribution in [3.8, 4) is 17.2 Å². The van der Waals surface area contributed by atoms with Crippen LogP contribution < -0.4 is 20.4 Å². The van der Waals surface area contributed by atoms with Gasteiger partial charge >= 0.3 is 5.63 Å². The molecule has 1 aliphatic heterocycles. The summed E-state index contributed by atoms with van der Waals surface area (Å²) in [4.78, 5) is 26.2. The molecule has 2 aromatic heterocycles. The number of amides is 1. The number of carbonyl (C=O) groups is 1. The fourth-order valence-electron chi connectivity index (χ4n) is 3.93. The molecule has 0 saturated carbocycles. The number of nitrogens with one attached hydrogen (secondary N) is 1. The first-order chi connectivity index (χ1) is 15.5. The molecular weight excluding hydrogens is 416 g/mol. The van der Waals surface area contributed by atoms with Crippen LogP contribution in [0.5, 0.6) is 17.2 Å². The number of fused-ring (bicyclic) bond motifs is 3. The number of phenolic OH excluding ortho intramolecular Hbond substituents is 1. The molecular formula is C23H18N2O7. The fraction of sp³-hybridized carbons (Fsp3) is 0.174. The third-order valence-corrected chi connectivity index (χ3v) is 5.36. The first-order valence-corrected chi connectivity index (χ1v) is 9.79. The van der Waals surface area contributed by atoms with Crippen LogP contribution >= 0.6 is 0 Å². The summed E-state index contributed by atoms with van der Waals surface area (Å²) < 4.78 is 21.8. The molecule has 0 aliphatic carbocycles. The summed E-state index contributed by atoms with van der Waals surface area (Å²) in [5.41, 5.74) is 0.500. The van der Waals surface area contributed by atoms with Crippen molar-refractivity contribution in [3.05, 3.63) is 75.8 Å². The van der Waals surface area contributed by atoms with Crippen LogP contribution in [-0.4, -0.2) is 29.4 Å². The molecule has 0 saturated heterocycles. The molecule has 0 bridgehead atoms. The smallest absolute Gasteiger partial charge is 0.344 e. The predicted octanol–water partition coefficient (Wildman–Crippen LogP) is 3.34. The lowest BCUT2D eigenvalue weighted by molar-refractivity contribution is -0.122. The summed E-state index contributed by atoms with van der Waals surface area (Å²) >= 11 is 0. The molecule has 5 rings (SSSR count). The molecule has 3 heterocycles. The van der Waals surface area contributed by atoms with Crippen molar-refractivity contribution in [2.45, 2.75) is 18.9 Å². The molecule has 32 heavy (non-hydrogen) atoms. The van der Waals surface area contributed by atoms with Gasteiger partial charge in [-0.1, -0.05) is 23.4 Å². The van der Waals surface area contributed by atoms with Gasteiger partial charge in [-0.2, -0.15) is 0 Å². The summed E-state index contributed by atoms with van der Waals surface area (Å²) in [6, 6.07) is 13.1. The maximum atomic E-state index is 13.2. The van der Waals surface area contributed by atoms with Gasteiger partial charge in [0.05, 0.1) is 24.0 Å². The van der Waals surface area contributed by atoms with E-state index in [-0.39, 0.29) is 28.6 Å². The number of hydrogen-bond donors (Lipinski definition) is 2. The van der Waals surface area contributed by atoms with Gasteiger partial charge in [-0.25, -0.2) is 4.79 Å². The Morgan fingerprint density at radius 1 is 1.19 bits per heavy atom. The second kappa shape index (κ2) is 7.45. The van der Waals surface area contributed by atoms with E-state index < -0.39 is 23.6 Å². The van der Waals surface area contributed by atoms with Crippen molar-refractivity contribution >= 4 is 22.7 Å². The second-order valence-corrected chi connectivity index (χ2v) is 7.39. The molecule has 2 atom stereocenters. The first-order valence-electron chi connectivity index (χ1n) is 9.79.